The molecule has 0 aliphatic rings. The number of ether oxygens (including phenoxy) is 1. The third-order valence-corrected chi connectivity index (χ3v) is 4.09. The highest BCUT2D eigenvalue weighted by Crippen LogP contribution is 2.25. The van der Waals surface area contributed by atoms with E-state index in [1.165, 1.54) is 11.1 Å². The van der Waals surface area contributed by atoms with Crippen molar-refractivity contribution in [2.45, 2.75) is 26.8 Å². The molecule has 1 amide bonds. The Kier molecular flexibility index (Phi) is 5.09. The van der Waals surface area contributed by atoms with Gasteiger partial charge in [0.1, 0.15) is 5.75 Å². The highest BCUT2D eigenvalue weighted by molar-refractivity contribution is 6.32. The number of rotatable bonds is 4. The second-order valence-electron chi connectivity index (χ2n) is 5.39. The van der Waals surface area contributed by atoms with Gasteiger partial charge in [-0.05, 0) is 55.7 Å². The fourth-order valence-corrected chi connectivity index (χ4v) is 2.46. The molecule has 0 saturated carbocycles. The highest BCUT2D eigenvalue weighted by Gasteiger charge is 2.13. The lowest BCUT2D eigenvalue weighted by atomic mass is 10.0. The predicted octanol–water partition coefficient (Wildman–Crippen LogP) is 4.46. The number of hydrogen-bond acceptors (Lipinski definition) is 2. The number of hydrogen-bond donors (Lipinski definition) is 1. The van der Waals surface area contributed by atoms with Crippen LogP contribution in [0.4, 0.5) is 0 Å². The Morgan fingerprint density at radius 2 is 1.86 bits per heavy atom. The van der Waals surface area contributed by atoms with Crippen molar-refractivity contribution in [2.75, 3.05) is 7.11 Å². The Morgan fingerprint density at radius 1 is 1.14 bits per heavy atom. The second-order valence-corrected chi connectivity index (χ2v) is 5.80. The van der Waals surface area contributed by atoms with Crippen LogP contribution < -0.4 is 10.1 Å². The third-order valence-electron chi connectivity index (χ3n) is 3.79. The summed E-state index contributed by atoms with van der Waals surface area (Å²) in [4.78, 5) is 12.3. The smallest absolute Gasteiger partial charge is 0.251 e. The van der Waals surface area contributed by atoms with Gasteiger partial charge < -0.3 is 10.1 Å². The number of aryl methyl sites for hydroxylation is 2. The van der Waals surface area contributed by atoms with Crippen LogP contribution in [0.25, 0.3) is 0 Å². The summed E-state index contributed by atoms with van der Waals surface area (Å²) in [6.07, 6.45) is 0. The molecule has 1 N–H and O–H groups in total. The van der Waals surface area contributed by atoms with Crippen molar-refractivity contribution in [2.24, 2.45) is 0 Å². The molecule has 0 saturated heterocycles. The first-order chi connectivity index (χ1) is 10.4. The van der Waals surface area contributed by atoms with Crippen molar-refractivity contribution >= 4 is 17.5 Å². The van der Waals surface area contributed by atoms with Gasteiger partial charge in [0.25, 0.3) is 5.91 Å². The lowest BCUT2D eigenvalue weighted by Crippen LogP contribution is -2.26. The van der Waals surface area contributed by atoms with E-state index >= 15 is 0 Å². The zero-order valence-corrected chi connectivity index (χ0v) is 14.0. The van der Waals surface area contributed by atoms with E-state index in [0.29, 0.717) is 16.3 Å². The van der Waals surface area contributed by atoms with Gasteiger partial charge in [-0.1, -0.05) is 29.8 Å². The monoisotopic (exact) mass is 317 g/mol. The first-order valence-electron chi connectivity index (χ1n) is 7.14. The molecule has 22 heavy (non-hydrogen) atoms. The van der Waals surface area contributed by atoms with Crippen molar-refractivity contribution in [3.05, 3.63) is 63.7 Å². The molecule has 0 bridgehead atoms. The predicted molar refractivity (Wildman–Crippen MR) is 89.8 cm³/mol. The first kappa shape index (κ1) is 16.4. The fourth-order valence-electron chi connectivity index (χ4n) is 2.20. The van der Waals surface area contributed by atoms with Gasteiger partial charge in [0.05, 0.1) is 18.2 Å². The molecule has 2 aromatic rings. The summed E-state index contributed by atoms with van der Waals surface area (Å²) in [5.74, 6) is 0.399. The second kappa shape index (κ2) is 6.84. The number of nitrogens with one attached hydrogen (secondary N) is 1. The maximum Gasteiger partial charge on any atom is 0.251 e. The van der Waals surface area contributed by atoms with E-state index in [9.17, 15) is 4.79 Å². The Morgan fingerprint density at radius 3 is 2.45 bits per heavy atom. The molecule has 0 spiro atoms. The molecule has 0 aliphatic carbocycles. The Bertz CT molecular complexity index is 697. The summed E-state index contributed by atoms with van der Waals surface area (Å²) < 4.78 is 5.09. The molecule has 4 heteroatoms. The first-order valence-corrected chi connectivity index (χ1v) is 7.51. The summed E-state index contributed by atoms with van der Waals surface area (Å²) in [5.41, 5.74) is 4.05. The van der Waals surface area contributed by atoms with Gasteiger partial charge in [-0.25, -0.2) is 0 Å². The van der Waals surface area contributed by atoms with Crippen LogP contribution in [-0.2, 0) is 0 Å². The molecular weight excluding hydrogens is 298 g/mol. The summed E-state index contributed by atoms with van der Waals surface area (Å²) >= 11 is 6.06. The van der Waals surface area contributed by atoms with Crippen LogP contribution >= 0.6 is 11.6 Å². The lowest BCUT2D eigenvalue weighted by molar-refractivity contribution is 0.0940. The summed E-state index contributed by atoms with van der Waals surface area (Å²) in [7, 11) is 1.54. The number of carbonyl (C=O) groups excluding carboxylic acids is 1. The molecule has 0 heterocycles. The van der Waals surface area contributed by atoms with Gasteiger partial charge in [0.15, 0.2) is 0 Å². The van der Waals surface area contributed by atoms with Crippen molar-refractivity contribution in [3.63, 3.8) is 0 Å². The lowest BCUT2D eigenvalue weighted by Gasteiger charge is -2.16. The van der Waals surface area contributed by atoms with Crippen LogP contribution in [0.1, 0.15) is 40.0 Å². The maximum absolute atomic E-state index is 12.3. The number of carbonyl (C=O) groups is 1. The van der Waals surface area contributed by atoms with E-state index in [1.54, 1.807) is 25.3 Å². The molecule has 116 valence electrons. The van der Waals surface area contributed by atoms with Gasteiger partial charge in [-0.15, -0.1) is 0 Å². The van der Waals surface area contributed by atoms with E-state index < -0.39 is 0 Å². The van der Waals surface area contributed by atoms with Crippen molar-refractivity contribution in [1.82, 2.24) is 5.32 Å². The number of methoxy groups -OCH3 is 1. The number of halogens is 1. The summed E-state index contributed by atoms with van der Waals surface area (Å²) in [6.45, 7) is 6.10. The average molecular weight is 318 g/mol. The fraction of sp³-hybridized carbons (Fsp3) is 0.278. The number of benzene rings is 2. The maximum atomic E-state index is 12.3. The zero-order valence-electron chi connectivity index (χ0n) is 13.2. The molecule has 0 fully saturated rings. The largest absolute Gasteiger partial charge is 0.495 e. The molecule has 2 aromatic carbocycles. The molecule has 3 nitrogen and oxygen atoms in total. The zero-order chi connectivity index (χ0) is 16.3. The molecule has 1 atom stereocenters. The van der Waals surface area contributed by atoms with Gasteiger partial charge in [0, 0.05) is 5.56 Å². The molecule has 1 unspecified atom stereocenters. The van der Waals surface area contributed by atoms with Crippen LogP contribution in [0.2, 0.25) is 5.02 Å². The molecular formula is C18H20ClNO2. The minimum atomic E-state index is -0.157. The topological polar surface area (TPSA) is 38.3 Å². The van der Waals surface area contributed by atoms with Gasteiger partial charge in [-0.2, -0.15) is 0 Å². The molecule has 0 aliphatic heterocycles. The van der Waals surface area contributed by atoms with Crippen LogP contribution in [0.3, 0.4) is 0 Å². The third kappa shape index (κ3) is 3.60. The van der Waals surface area contributed by atoms with E-state index in [-0.39, 0.29) is 11.9 Å². The van der Waals surface area contributed by atoms with Crippen molar-refractivity contribution < 1.29 is 9.53 Å². The van der Waals surface area contributed by atoms with Crippen LogP contribution in [0, 0.1) is 13.8 Å². The van der Waals surface area contributed by atoms with Crippen molar-refractivity contribution in [3.8, 4) is 5.75 Å². The summed E-state index contributed by atoms with van der Waals surface area (Å²) in [6, 6.07) is 11.1. The van der Waals surface area contributed by atoms with E-state index in [0.717, 1.165) is 5.56 Å². The Hall–Kier alpha value is -2.00. The Labute approximate surface area is 136 Å². The molecule has 0 radical (unpaired) electrons. The normalized spacial score (nSPS) is 11.9. The minimum absolute atomic E-state index is 0.0762. The standard InChI is InChI=1S/C18H20ClNO2/c1-11-5-6-14(9-12(11)2)13(3)20-18(21)15-7-8-17(22-4)16(19)10-15/h5-10,13H,1-4H3,(H,20,21). The van der Waals surface area contributed by atoms with Crippen LogP contribution in [0.15, 0.2) is 36.4 Å². The Balaban J connectivity index is 2.13. The van der Waals surface area contributed by atoms with E-state index in [1.807, 2.05) is 13.0 Å². The van der Waals surface area contributed by atoms with Crippen LogP contribution in [0.5, 0.6) is 5.75 Å². The van der Waals surface area contributed by atoms with Gasteiger partial charge in [-0.3, -0.25) is 4.79 Å². The number of amides is 1. The molecule has 2 rings (SSSR count). The van der Waals surface area contributed by atoms with Crippen LogP contribution in [-0.4, -0.2) is 13.0 Å². The highest BCUT2D eigenvalue weighted by atomic mass is 35.5. The quantitative estimate of drug-likeness (QED) is 0.904. The summed E-state index contributed by atoms with van der Waals surface area (Å²) in [5, 5.41) is 3.41. The van der Waals surface area contributed by atoms with E-state index in [2.05, 4.69) is 31.3 Å². The minimum Gasteiger partial charge on any atom is -0.495 e. The van der Waals surface area contributed by atoms with Gasteiger partial charge >= 0.3 is 0 Å². The van der Waals surface area contributed by atoms with Gasteiger partial charge in [0.2, 0.25) is 0 Å². The molecule has 0 aromatic heterocycles. The SMILES string of the molecule is COc1ccc(C(=O)NC(C)c2ccc(C)c(C)c2)cc1Cl. The van der Waals surface area contributed by atoms with E-state index in [4.69, 9.17) is 16.3 Å². The van der Waals surface area contributed by atoms with Crippen molar-refractivity contribution in [1.29, 1.82) is 0 Å². The average Bonchev–Trinajstić information content (AvgIpc) is 2.49.